The minimum Gasteiger partial charge on any atom is -0.496 e. The first-order chi connectivity index (χ1) is 16.2. The Morgan fingerprint density at radius 2 is 1.68 bits per heavy atom. The van der Waals surface area contributed by atoms with Gasteiger partial charge in [0.15, 0.2) is 5.69 Å². The second kappa shape index (κ2) is 10.9. The van der Waals surface area contributed by atoms with Gasteiger partial charge in [0.25, 0.3) is 5.91 Å². The number of nitrogens with two attached hydrogens (primary N) is 1. The van der Waals surface area contributed by atoms with Crippen molar-refractivity contribution in [3.05, 3.63) is 59.8 Å². The SMILES string of the molecule is COc1cccc(OC)c1-c1cc(C(=O)N[C@H](CC(N)=O)CC(C)C)nn1-c1ccc(C)cc1. The first kappa shape index (κ1) is 24.8. The van der Waals surface area contributed by atoms with E-state index < -0.39 is 5.91 Å². The third-order valence-electron chi connectivity index (χ3n) is 5.44. The van der Waals surface area contributed by atoms with Gasteiger partial charge in [-0.15, -0.1) is 0 Å². The summed E-state index contributed by atoms with van der Waals surface area (Å²) in [7, 11) is 3.16. The molecule has 34 heavy (non-hydrogen) atoms. The van der Waals surface area contributed by atoms with Crippen molar-refractivity contribution in [2.45, 2.75) is 39.7 Å². The molecule has 1 aromatic heterocycles. The largest absolute Gasteiger partial charge is 0.496 e. The zero-order valence-electron chi connectivity index (χ0n) is 20.3. The highest BCUT2D eigenvalue weighted by Gasteiger charge is 2.24. The van der Waals surface area contributed by atoms with Gasteiger partial charge in [0, 0.05) is 12.5 Å². The predicted molar refractivity (Wildman–Crippen MR) is 131 cm³/mol. The lowest BCUT2D eigenvalue weighted by atomic mass is 10.0. The standard InChI is InChI=1S/C26H32N4O4/c1-16(2)13-18(14-24(27)31)28-26(32)20-15-21(25-22(33-4)7-6-8-23(25)34-5)30(29-20)19-11-9-17(3)10-12-19/h6-12,15-16,18H,13-14H2,1-5H3,(H2,27,31)(H,28,32)/t18-/m0/s1. The van der Waals surface area contributed by atoms with Crippen LogP contribution in [-0.4, -0.2) is 41.9 Å². The smallest absolute Gasteiger partial charge is 0.272 e. The van der Waals surface area contributed by atoms with E-state index in [0.29, 0.717) is 29.2 Å². The Bertz CT molecular complexity index is 1130. The fourth-order valence-electron chi connectivity index (χ4n) is 3.92. The van der Waals surface area contributed by atoms with Crippen molar-refractivity contribution in [1.29, 1.82) is 0 Å². The van der Waals surface area contributed by atoms with Crippen LogP contribution in [0.4, 0.5) is 0 Å². The second-order valence-corrected chi connectivity index (χ2v) is 8.67. The summed E-state index contributed by atoms with van der Waals surface area (Å²) in [4.78, 5) is 24.7. The zero-order chi connectivity index (χ0) is 24.8. The van der Waals surface area contributed by atoms with Crippen molar-refractivity contribution in [1.82, 2.24) is 15.1 Å². The van der Waals surface area contributed by atoms with Gasteiger partial charge in [-0.05, 0) is 49.6 Å². The van der Waals surface area contributed by atoms with Crippen LogP contribution in [0.2, 0.25) is 0 Å². The fourth-order valence-corrected chi connectivity index (χ4v) is 3.92. The lowest BCUT2D eigenvalue weighted by molar-refractivity contribution is -0.118. The number of methoxy groups -OCH3 is 2. The summed E-state index contributed by atoms with van der Waals surface area (Å²) in [5.74, 6) is 0.614. The number of nitrogens with one attached hydrogen (secondary N) is 1. The van der Waals surface area contributed by atoms with E-state index in [9.17, 15) is 9.59 Å². The third-order valence-corrected chi connectivity index (χ3v) is 5.44. The zero-order valence-corrected chi connectivity index (χ0v) is 20.3. The van der Waals surface area contributed by atoms with E-state index in [0.717, 1.165) is 11.3 Å². The monoisotopic (exact) mass is 464 g/mol. The number of carbonyl (C=O) groups excluding carboxylic acids is 2. The Kier molecular flexibility index (Phi) is 7.94. The van der Waals surface area contributed by atoms with Crippen molar-refractivity contribution >= 4 is 11.8 Å². The van der Waals surface area contributed by atoms with Crippen molar-refractivity contribution in [2.24, 2.45) is 11.7 Å². The highest BCUT2D eigenvalue weighted by Crippen LogP contribution is 2.39. The van der Waals surface area contributed by atoms with E-state index in [1.54, 1.807) is 25.0 Å². The first-order valence-electron chi connectivity index (χ1n) is 11.2. The number of hydrogen-bond donors (Lipinski definition) is 2. The average molecular weight is 465 g/mol. The van der Waals surface area contributed by atoms with Crippen LogP contribution < -0.4 is 20.5 Å². The third kappa shape index (κ3) is 5.75. The van der Waals surface area contributed by atoms with E-state index in [1.807, 2.05) is 63.2 Å². The topological polar surface area (TPSA) is 108 Å². The average Bonchev–Trinajstić information content (AvgIpc) is 3.23. The second-order valence-electron chi connectivity index (χ2n) is 8.67. The highest BCUT2D eigenvalue weighted by atomic mass is 16.5. The van der Waals surface area contributed by atoms with E-state index >= 15 is 0 Å². The molecule has 180 valence electrons. The van der Waals surface area contributed by atoms with Crippen LogP contribution in [-0.2, 0) is 4.79 Å². The van der Waals surface area contributed by atoms with Crippen LogP contribution in [0.1, 0.15) is 42.7 Å². The molecular formula is C26H32N4O4. The molecular weight excluding hydrogens is 432 g/mol. The molecule has 2 amide bonds. The van der Waals surface area contributed by atoms with Crippen LogP contribution in [0.3, 0.4) is 0 Å². The highest BCUT2D eigenvalue weighted by molar-refractivity contribution is 5.94. The number of aromatic nitrogens is 2. The molecule has 0 saturated heterocycles. The normalized spacial score (nSPS) is 11.8. The van der Waals surface area contributed by atoms with Gasteiger partial charge in [0.05, 0.1) is 31.2 Å². The number of carbonyl (C=O) groups is 2. The number of rotatable bonds is 10. The van der Waals surface area contributed by atoms with Gasteiger partial charge >= 0.3 is 0 Å². The van der Waals surface area contributed by atoms with Crippen LogP contribution in [0.15, 0.2) is 48.5 Å². The molecule has 0 aliphatic carbocycles. The first-order valence-corrected chi connectivity index (χ1v) is 11.2. The molecule has 1 atom stereocenters. The Hall–Kier alpha value is -3.81. The molecule has 3 N–H and O–H groups in total. The van der Waals surface area contributed by atoms with E-state index in [-0.39, 0.29) is 30.0 Å². The van der Waals surface area contributed by atoms with Gasteiger partial charge in [-0.2, -0.15) is 5.10 Å². The Morgan fingerprint density at radius 3 is 2.21 bits per heavy atom. The fraction of sp³-hybridized carbons (Fsp3) is 0.346. The van der Waals surface area contributed by atoms with Crippen LogP contribution in [0.25, 0.3) is 16.9 Å². The summed E-state index contributed by atoms with van der Waals surface area (Å²) in [6, 6.07) is 14.6. The van der Waals surface area contributed by atoms with E-state index in [4.69, 9.17) is 15.2 Å². The van der Waals surface area contributed by atoms with Crippen molar-refractivity contribution in [3.8, 4) is 28.4 Å². The van der Waals surface area contributed by atoms with Crippen molar-refractivity contribution in [2.75, 3.05) is 14.2 Å². The molecule has 0 unspecified atom stereocenters. The molecule has 2 aromatic carbocycles. The Labute approximate surface area is 200 Å². The lowest BCUT2D eigenvalue weighted by Crippen LogP contribution is -2.39. The van der Waals surface area contributed by atoms with Gasteiger partial charge in [0.2, 0.25) is 5.91 Å². The summed E-state index contributed by atoms with van der Waals surface area (Å²) in [5.41, 5.74) is 8.81. The molecule has 3 rings (SSSR count). The van der Waals surface area contributed by atoms with Crippen LogP contribution in [0.5, 0.6) is 11.5 Å². The summed E-state index contributed by atoms with van der Waals surface area (Å²) >= 11 is 0. The molecule has 0 spiro atoms. The molecule has 8 nitrogen and oxygen atoms in total. The number of amides is 2. The molecule has 0 aliphatic rings. The molecule has 0 bridgehead atoms. The molecule has 0 aliphatic heterocycles. The van der Waals surface area contributed by atoms with Gasteiger partial charge in [-0.1, -0.05) is 37.6 Å². The van der Waals surface area contributed by atoms with Gasteiger partial charge < -0.3 is 20.5 Å². The maximum Gasteiger partial charge on any atom is 0.272 e. The van der Waals surface area contributed by atoms with Gasteiger partial charge in [-0.3, -0.25) is 9.59 Å². The molecule has 3 aromatic rings. The molecule has 0 radical (unpaired) electrons. The van der Waals surface area contributed by atoms with Gasteiger partial charge in [-0.25, -0.2) is 4.68 Å². The van der Waals surface area contributed by atoms with Crippen molar-refractivity contribution < 1.29 is 19.1 Å². The Morgan fingerprint density at radius 1 is 1.06 bits per heavy atom. The van der Waals surface area contributed by atoms with Crippen molar-refractivity contribution in [3.63, 3.8) is 0 Å². The summed E-state index contributed by atoms with van der Waals surface area (Å²) in [6.07, 6.45) is 0.691. The molecule has 8 heteroatoms. The summed E-state index contributed by atoms with van der Waals surface area (Å²) < 4.78 is 12.9. The maximum atomic E-state index is 13.2. The molecule has 0 saturated carbocycles. The maximum absolute atomic E-state index is 13.2. The van der Waals surface area contributed by atoms with E-state index in [1.165, 1.54) is 0 Å². The number of ether oxygens (including phenoxy) is 2. The lowest BCUT2D eigenvalue weighted by Gasteiger charge is -2.18. The quantitative estimate of drug-likeness (QED) is 0.473. The van der Waals surface area contributed by atoms with Crippen LogP contribution in [0, 0.1) is 12.8 Å². The molecule has 1 heterocycles. The Balaban J connectivity index is 2.10. The number of primary amides is 1. The number of nitrogens with zero attached hydrogens (tertiary/aromatic N) is 2. The number of benzene rings is 2. The number of hydrogen-bond acceptors (Lipinski definition) is 5. The van der Waals surface area contributed by atoms with Gasteiger partial charge in [0.1, 0.15) is 11.5 Å². The van der Waals surface area contributed by atoms with E-state index in [2.05, 4.69) is 10.4 Å². The summed E-state index contributed by atoms with van der Waals surface area (Å²) in [6.45, 7) is 6.06. The summed E-state index contributed by atoms with van der Waals surface area (Å²) in [5, 5.41) is 7.55. The molecule has 0 fully saturated rings. The van der Waals surface area contributed by atoms with Crippen LogP contribution >= 0.6 is 0 Å². The predicted octanol–water partition coefficient (Wildman–Crippen LogP) is 3.88. The minimum absolute atomic E-state index is 0.0653. The number of aryl methyl sites for hydroxylation is 1. The minimum atomic E-state index is -0.462.